The minimum atomic E-state index is -0.529. The molecule has 19 heavy (non-hydrogen) atoms. The molecule has 5 nitrogen and oxygen atoms in total. The van der Waals surface area contributed by atoms with Crippen molar-refractivity contribution in [3.05, 3.63) is 0 Å². The van der Waals surface area contributed by atoms with E-state index >= 15 is 0 Å². The Kier molecular flexibility index (Phi) is 7.07. The molecule has 1 saturated carbocycles. The Labute approximate surface area is 121 Å². The summed E-state index contributed by atoms with van der Waals surface area (Å²) in [7, 11) is 1.56. The molecular weight excluding hydrogens is 268 g/mol. The summed E-state index contributed by atoms with van der Waals surface area (Å²) in [5.41, 5.74) is 5.75. The second-order valence-corrected chi connectivity index (χ2v) is 5.36. The summed E-state index contributed by atoms with van der Waals surface area (Å²) in [6.07, 6.45) is 4.83. The van der Waals surface area contributed by atoms with Gasteiger partial charge in [0.05, 0.1) is 12.7 Å². The quantitative estimate of drug-likeness (QED) is 0.786. The molecule has 2 rings (SSSR count). The fourth-order valence-corrected chi connectivity index (χ4v) is 2.28. The number of hydrogen-bond acceptors (Lipinski definition) is 4. The zero-order valence-corrected chi connectivity index (χ0v) is 12.4. The molecule has 1 saturated heterocycles. The molecule has 112 valence electrons. The Morgan fingerprint density at radius 2 is 1.95 bits per heavy atom. The summed E-state index contributed by atoms with van der Waals surface area (Å²) < 4.78 is 10.8. The van der Waals surface area contributed by atoms with Crippen LogP contribution < -0.4 is 5.73 Å². The molecule has 0 aromatic rings. The molecule has 1 aliphatic carbocycles. The summed E-state index contributed by atoms with van der Waals surface area (Å²) >= 11 is 0. The van der Waals surface area contributed by atoms with E-state index in [-0.39, 0.29) is 24.9 Å². The van der Waals surface area contributed by atoms with E-state index in [2.05, 4.69) is 0 Å². The summed E-state index contributed by atoms with van der Waals surface area (Å²) in [4.78, 5) is 13.8. The Bertz CT molecular complexity index is 279. The summed E-state index contributed by atoms with van der Waals surface area (Å²) in [5, 5.41) is 0. The number of nitrogens with two attached hydrogens (primary N) is 1. The van der Waals surface area contributed by atoms with Crippen LogP contribution in [0.1, 0.15) is 25.7 Å². The van der Waals surface area contributed by atoms with Crippen molar-refractivity contribution in [3.63, 3.8) is 0 Å². The van der Waals surface area contributed by atoms with Gasteiger partial charge in [-0.15, -0.1) is 12.4 Å². The highest BCUT2D eigenvalue weighted by molar-refractivity contribution is 5.85. The van der Waals surface area contributed by atoms with Crippen LogP contribution in [0.25, 0.3) is 0 Å². The molecule has 0 aromatic heterocycles. The van der Waals surface area contributed by atoms with Crippen LogP contribution in [0.5, 0.6) is 0 Å². The van der Waals surface area contributed by atoms with E-state index in [0.717, 1.165) is 38.5 Å². The molecule has 6 heteroatoms. The van der Waals surface area contributed by atoms with E-state index in [9.17, 15) is 4.79 Å². The lowest BCUT2D eigenvalue weighted by atomic mass is 10.1. The van der Waals surface area contributed by atoms with Gasteiger partial charge < -0.3 is 20.1 Å². The largest absolute Gasteiger partial charge is 0.383 e. The first-order chi connectivity index (χ1) is 8.70. The van der Waals surface area contributed by atoms with Gasteiger partial charge in [0.1, 0.15) is 6.04 Å². The van der Waals surface area contributed by atoms with Crippen LogP contribution in [0, 0.1) is 5.92 Å². The van der Waals surface area contributed by atoms with Crippen molar-refractivity contribution in [1.82, 2.24) is 4.90 Å². The molecule has 1 aliphatic heterocycles. The number of rotatable bonds is 6. The van der Waals surface area contributed by atoms with Gasteiger partial charge in [0.15, 0.2) is 0 Å². The Morgan fingerprint density at radius 3 is 2.47 bits per heavy atom. The monoisotopic (exact) mass is 292 g/mol. The van der Waals surface area contributed by atoms with Crippen LogP contribution in [-0.4, -0.2) is 56.4 Å². The van der Waals surface area contributed by atoms with E-state index in [0.29, 0.717) is 6.10 Å². The van der Waals surface area contributed by atoms with Crippen molar-refractivity contribution in [3.8, 4) is 0 Å². The van der Waals surface area contributed by atoms with Crippen molar-refractivity contribution in [2.75, 3.05) is 33.4 Å². The van der Waals surface area contributed by atoms with Crippen LogP contribution in [0.3, 0.4) is 0 Å². The molecule has 2 fully saturated rings. The second-order valence-electron chi connectivity index (χ2n) is 5.36. The number of hydrogen-bond donors (Lipinski definition) is 1. The molecule has 1 amide bonds. The Morgan fingerprint density at radius 1 is 1.32 bits per heavy atom. The van der Waals surface area contributed by atoms with Gasteiger partial charge in [-0.3, -0.25) is 4.79 Å². The van der Waals surface area contributed by atoms with Crippen LogP contribution in [0.4, 0.5) is 0 Å². The lowest BCUT2D eigenvalue weighted by Gasteiger charge is -2.33. The number of nitrogens with zero attached hydrogens (tertiary/aromatic N) is 1. The smallest absolute Gasteiger partial charge is 0.241 e. The topological polar surface area (TPSA) is 64.8 Å². The molecule has 0 bridgehead atoms. The van der Waals surface area contributed by atoms with E-state index in [1.54, 1.807) is 7.11 Å². The first kappa shape index (κ1) is 16.7. The van der Waals surface area contributed by atoms with Crippen LogP contribution >= 0.6 is 12.4 Å². The zero-order valence-electron chi connectivity index (χ0n) is 11.5. The minimum Gasteiger partial charge on any atom is -0.383 e. The second kappa shape index (κ2) is 8.04. The summed E-state index contributed by atoms with van der Waals surface area (Å²) in [5.74, 6) is 0.803. The molecule has 0 radical (unpaired) electrons. The van der Waals surface area contributed by atoms with E-state index in [1.165, 1.54) is 12.8 Å². The van der Waals surface area contributed by atoms with Gasteiger partial charge in [0, 0.05) is 26.8 Å². The van der Waals surface area contributed by atoms with Gasteiger partial charge in [-0.1, -0.05) is 0 Å². The maximum atomic E-state index is 12.0. The van der Waals surface area contributed by atoms with Gasteiger partial charge >= 0.3 is 0 Å². The van der Waals surface area contributed by atoms with E-state index < -0.39 is 6.04 Å². The third kappa shape index (κ3) is 5.26. The van der Waals surface area contributed by atoms with Crippen molar-refractivity contribution in [1.29, 1.82) is 0 Å². The number of piperidine rings is 1. The lowest BCUT2D eigenvalue weighted by molar-refractivity contribution is -0.136. The van der Waals surface area contributed by atoms with Crippen LogP contribution in [0.2, 0.25) is 0 Å². The summed E-state index contributed by atoms with van der Waals surface area (Å²) in [6, 6.07) is -0.529. The van der Waals surface area contributed by atoms with Crippen molar-refractivity contribution in [2.24, 2.45) is 11.7 Å². The van der Waals surface area contributed by atoms with Crippen molar-refractivity contribution < 1.29 is 14.3 Å². The highest BCUT2D eigenvalue weighted by Gasteiger charge is 2.28. The number of halogens is 1. The highest BCUT2D eigenvalue weighted by Crippen LogP contribution is 2.30. The number of carbonyl (C=O) groups is 1. The molecular formula is C13H25ClN2O3. The van der Waals surface area contributed by atoms with Gasteiger partial charge in [-0.2, -0.15) is 0 Å². The van der Waals surface area contributed by atoms with Crippen molar-refractivity contribution in [2.45, 2.75) is 37.8 Å². The maximum absolute atomic E-state index is 12.0. The van der Waals surface area contributed by atoms with Gasteiger partial charge in [0.25, 0.3) is 0 Å². The average molecular weight is 293 g/mol. The average Bonchev–Trinajstić information content (AvgIpc) is 3.20. The first-order valence-corrected chi connectivity index (χ1v) is 6.85. The fourth-order valence-electron chi connectivity index (χ4n) is 2.28. The number of methoxy groups -OCH3 is 1. The number of carbonyl (C=O) groups excluding carboxylic acids is 1. The third-order valence-corrected chi connectivity index (χ3v) is 3.68. The Balaban J connectivity index is 0.00000180. The number of likely N-dealkylation sites (tertiary alicyclic amines) is 1. The minimum absolute atomic E-state index is 0. The fraction of sp³-hybridized carbons (Fsp3) is 0.923. The normalized spacial score (nSPS) is 21.9. The van der Waals surface area contributed by atoms with Gasteiger partial charge in [-0.05, 0) is 31.6 Å². The lowest BCUT2D eigenvalue weighted by Crippen LogP contribution is -2.49. The molecule has 2 aliphatic rings. The van der Waals surface area contributed by atoms with Crippen LogP contribution in [-0.2, 0) is 14.3 Å². The van der Waals surface area contributed by atoms with Gasteiger partial charge in [-0.25, -0.2) is 0 Å². The van der Waals surface area contributed by atoms with E-state index in [1.807, 2.05) is 4.90 Å². The van der Waals surface area contributed by atoms with Gasteiger partial charge in [0.2, 0.25) is 5.91 Å². The Hall–Kier alpha value is -0.360. The predicted molar refractivity (Wildman–Crippen MR) is 75.4 cm³/mol. The standard InChI is InChI=1S/C13H24N2O3.ClH/c1-17-9-12(14)13(16)15-6-4-11(5-7-15)18-8-10-2-3-10;/h10-12H,2-9,14H2,1H3;1H. The molecule has 1 atom stereocenters. The van der Waals surface area contributed by atoms with E-state index in [4.69, 9.17) is 15.2 Å². The summed E-state index contributed by atoms with van der Waals surface area (Å²) in [6.45, 7) is 2.70. The molecule has 0 aromatic carbocycles. The predicted octanol–water partition coefficient (Wildman–Crippen LogP) is 0.800. The first-order valence-electron chi connectivity index (χ1n) is 6.85. The molecule has 0 spiro atoms. The van der Waals surface area contributed by atoms with Crippen LogP contribution in [0.15, 0.2) is 0 Å². The van der Waals surface area contributed by atoms with Crippen molar-refractivity contribution >= 4 is 18.3 Å². The molecule has 2 N–H and O–H groups in total. The SMILES string of the molecule is COCC(N)C(=O)N1CCC(OCC2CC2)CC1.Cl. The molecule has 1 unspecified atom stereocenters. The maximum Gasteiger partial charge on any atom is 0.241 e. The zero-order chi connectivity index (χ0) is 13.0. The number of ether oxygens (including phenoxy) is 2. The highest BCUT2D eigenvalue weighted by atomic mass is 35.5. The third-order valence-electron chi connectivity index (χ3n) is 3.68. The number of amides is 1. The molecule has 1 heterocycles.